The maximum Gasteiger partial charge on any atom is 0.220 e. The summed E-state index contributed by atoms with van der Waals surface area (Å²) < 4.78 is 0. The number of hydrogen-bond donors (Lipinski definition) is 1. The number of carbonyl (C=O) groups is 1. The normalized spacial score (nSPS) is 18.1. The topological polar surface area (TPSA) is 45.2 Å². The molecule has 0 aliphatic carbocycles. The Labute approximate surface area is 183 Å². The van der Waals surface area contributed by atoms with Crippen LogP contribution in [-0.2, 0) is 17.8 Å². The van der Waals surface area contributed by atoms with E-state index in [4.69, 9.17) is 0 Å². The largest absolute Gasteiger partial charge is 0.347 e. The Morgan fingerprint density at radius 1 is 1.13 bits per heavy atom. The first kappa shape index (κ1) is 20.8. The molecule has 5 heteroatoms. The fourth-order valence-electron chi connectivity index (χ4n) is 4.29. The second-order valence-corrected chi connectivity index (χ2v) is 8.83. The minimum absolute atomic E-state index is 0.0419. The van der Waals surface area contributed by atoms with E-state index in [9.17, 15) is 4.79 Å². The second-order valence-electron chi connectivity index (χ2n) is 8.05. The maximum absolute atomic E-state index is 12.8. The van der Waals surface area contributed by atoms with E-state index in [-0.39, 0.29) is 11.9 Å². The highest BCUT2D eigenvalue weighted by atomic mass is 32.1. The van der Waals surface area contributed by atoms with Gasteiger partial charge in [-0.25, -0.2) is 0 Å². The van der Waals surface area contributed by atoms with E-state index in [1.54, 1.807) is 11.3 Å². The van der Waals surface area contributed by atoms with E-state index >= 15 is 0 Å². The molecule has 1 amide bonds. The molecule has 3 heterocycles. The summed E-state index contributed by atoms with van der Waals surface area (Å²) >= 11 is 1.75. The van der Waals surface area contributed by atoms with E-state index in [1.807, 2.05) is 42.6 Å². The third kappa shape index (κ3) is 5.77. The minimum atomic E-state index is -0.0419. The number of pyridine rings is 1. The molecule has 2 atom stereocenters. The first-order chi connectivity index (χ1) is 14.8. The first-order valence-corrected chi connectivity index (χ1v) is 11.7. The Bertz CT molecular complexity index is 899. The second kappa shape index (κ2) is 10.5. The lowest BCUT2D eigenvalue weighted by molar-refractivity contribution is -0.122. The van der Waals surface area contributed by atoms with Crippen LogP contribution in [-0.4, -0.2) is 28.9 Å². The average molecular weight is 420 g/mol. The fourth-order valence-corrected chi connectivity index (χ4v) is 4.95. The van der Waals surface area contributed by atoms with Gasteiger partial charge in [-0.1, -0.05) is 36.4 Å². The van der Waals surface area contributed by atoms with Gasteiger partial charge in [-0.15, -0.1) is 0 Å². The van der Waals surface area contributed by atoms with Crippen LogP contribution in [0.3, 0.4) is 0 Å². The molecule has 1 saturated heterocycles. The molecule has 0 unspecified atom stereocenters. The molecule has 156 valence electrons. The van der Waals surface area contributed by atoms with Crippen molar-refractivity contribution in [2.24, 2.45) is 5.92 Å². The van der Waals surface area contributed by atoms with Gasteiger partial charge in [-0.05, 0) is 71.8 Å². The lowest BCUT2D eigenvalue weighted by Gasteiger charge is -2.37. The Hall–Kier alpha value is -2.50. The van der Waals surface area contributed by atoms with Crippen molar-refractivity contribution < 1.29 is 4.79 Å². The van der Waals surface area contributed by atoms with Crippen LogP contribution in [0.5, 0.6) is 0 Å². The first-order valence-electron chi connectivity index (χ1n) is 10.8. The van der Waals surface area contributed by atoms with Crippen LogP contribution in [0, 0.1) is 5.92 Å². The lowest BCUT2D eigenvalue weighted by Crippen LogP contribution is -2.43. The Kier molecular flexibility index (Phi) is 7.27. The molecule has 1 N–H and O–H groups in total. The predicted octanol–water partition coefficient (Wildman–Crippen LogP) is 4.85. The highest BCUT2D eigenvalue weighted by molar-refractivity contribution is 7.07. The van der Waals surface area contributed by atoms with Gasteiger partial charge in [0.05, 0.1) is 11.7 Å². The molecule has 3 aromatic rings. The highest BCUT2D eigenvalue weighted by Crippen LogP contribution is 2.30. The number of aryl methyl sites for hydroxylation is 1. The van der Waals surface area contributed by atoms with Crippen LogP contribution < -0.4 is 5.32 Å². The van der Waals surface area contributed by atoms with Crippen molar-refractivity contribution in [1.82, 2.24) is 15.2 Å². The average Bonchev–Trinajstić information content (AvgIpc) is 3.30. The third-order valence-corrected chi connectivity index (χ3v) is 6.54. The van der Waals surface area contributed by atoms with E-state index in [2.05, 4.69) is 44.2 Å². The van der Waals surface area contributed by atoms with Crippen molar-refractivity contribution in [3.63, 3.8) is 0 Å². The number of nitrogens with one attached hydrogen (secondary N) is 1. The molecular weight excluding hydrogens is 390 g/mol. The summed E-state index contributed by atoms with van der Waals surface area (Å²) in [6.07, 6.45) is 5.35. The van der Waals surface area contributed by atoms with Gasteiger partial charge in [0.15, 0.2) is 0 Å². The zero-order valence-electron chi connectivity index (χ0n) is 17.2. The molecule has 1 aliphatic rings. The molecule has 2 aromatic heterocycles. The minimum Gasteiger partial charge on any atom is -0.347 e. The summed E-state index contributed by atoms with van der Waals surface area (Å²) in [5.74, 6) is 0.470. The Morgan fingerprint density at radius 2 is 2.00 bits per heavy atom. The standard InChI is InChI=1S/C25H29N3OS/c29-24(12-11-20-7-2-1-3-8-20)27-25(23-10-4-5-14-26-23)22-9-6-15-28(18-22)17-21-13-16-30-19-21/h1-5,7-8,10,13-14,16,19,22,25H,6,9,11-12,15,17-18H2,(H,27,29)/t22-,25+/m1/s1. The zero-order valence-corrected chi connectivity index (χ0v) is 18.1. The smallest absolute Gasteiger partial charge is 0.220 e. The van der Waals surface area contributed by atoms with Crippen molar-refractivity contribution >= 4 is 17.2 Å². The third-order valence-electron chi connectivity index (χ3n) is 5.81. The summed E-state index contributed by atoms with van der Waals surface area (Å²) in [5.41, 5.74) is 3.54. The SMILES string of the molecule is O=C(CCc1ccccc1)N[C@H](c1ccccn1)[C@@H]1CCCN(Cc2ccsc2)C1. The molecule has 1 fully saturated rings. The molecule has 4 rings (SSSR count). The molecule has 1 aromatic carbocycles. The van der Waals surface area contributed by atoms with Crippen molar-refractivity contribution in [2.45, 2.75) is 38.3 Å². The summed E-state index contributed by atoms with van der Waals surface area (Å²) in [6, 6.07) is 18.3. The van der Waals surface area contributed by atoms with Gasteiger partial charge in [0.1, 0.15) is 0 Å². The monoisotopic (exact) mass is 419 g/mol. The summed E-state index contributed by atoms with van der Waals surface area (Å²) in [4.78, 5) is 19.9. The van der Waals surface area contributed by atoms with Crippen molar-refractivity contribution in [2.75, 3.05) is 13.1 Å². The van der Waals surface area contributed by atoms with Gasteiger partial charge < -0.3 is 5.32 Å². The van der Waals surface area contributed by atoms with Crippen LogP contribution in [0.15, 0.2) is 71.6 Å². The molecule has 0 saturated carbocycles. The van der Waals surface area contributed by atoms with E-state index in [0.717, 1.165) is 44.6 Å². The van der Waals surface area contributed by atoms with Crippen molar-refractivity contribution in [3.05, 3.63) is 88.4 Å². The number of piperidine rings is 1. The molecule has 1 aliphatic heterocycles. The van der Waals surface area contributed by atoms with Crippen LogP contribution in [0.1, 0.15) is 42.1 Å². The van der Waals surface area contributed by atoms with Crippen LogP contribution in [0.4, 0.5) is 0 Å². The van der Waals surface area contributed by atoms with E-state index in [0.29, 0.717) is 12.3 Å². The number of aromatic nitrogens is 1. The van der Waals surface area contributed by atoms with Gasteiger partial charge >= 0.3 is 0 Å². The number of nitrogens with zero attached hydrogens (tertiary/aromatic N) is 2. The molecule has 30 heavy (non-hydrogen) atoms. The van der Waals surface area contributed by atoms with Gasteiger partial charge in [0.25, 0.3) is 0 Å². The highest BCUT2D eigenvalue weighted by Gasteiger charge is 2.30. The predicted molar refractivity (Wildman–Crippen MR) is 122 cm³/mol. The Morgan fingerprint density at radius 3 is 2.77 bits per heavy atom. The molecule has 0 spiro atoms. The van der Waals surface area contributed by atoms with Crippen LogP contribution in [0.2, 0.25) is 0 Å². The number of likely N-dealkylation sites (tertiary alicyclic amines) is 1. The van der Waals surface area contributed by atoms with Crippen molar-refractivity contribution in [1.29, 1.82) is 0 Å². The number of hydrogen-bond acceptors (Lipinski definition) is 4. The van der Waals surface area contributed by atoms with Gasteiger partial charge in [0.2, 0.25) is 5.91 Å². The molecular formula is C25H29N3OS. The van der Waals surface area contributed by atoms with Gasteiger partial charge in [-0.2, -0.15) is 11.3 Å². The maximum atomic E-state index is 12.8. The zero-order chi connectivity index (χ0) is 20.6. The number of rotatable bonds is 8. The number of benzene rings is 1. The van der Waals surface area contributed by atoms with E-state index in [1.165, 1.54) is 11.1 Å². The molecule has 4 nitrogen and oxygen atoms in total. The fraction of sp³-hybridized carbons (Fsp3) is 0.360. The van der Waals surface area contributed by atoms with Gasteiger partial charge in [-0.3, -0.25) is 14.7 Å². The summed E-state index contributed by atoms with van der Waals surface area (Å²) in [6.45, 7) is 3.08. The van der Waals surface area contributed by atoms with Crippen LogP contribution in [0.25, 0.3) is 0 Å². The molecule has 0 radical (unpaired) electrons. The summed E-state index contributed by atoms with van der Waals surface area (Å²) in [7, 11) is 0. The van der Waals surface area contributed by atoms with Crippen molar-refractivity contribution in [3.8, 4) is 0 Å². The quantitative estimate of drug-likeness (QED) is 0.568. The number of carbonyl (C=O) groups excluding carboxylic acids is 1. The lowest BCUT2D eigenvalue weighted by atomic mass is 9.88. The number of thiophene rings is 1. The Balaban J connectivity index is 1.42. The summed E-state index contributed by atoms with van der Waals surface area (Å²) in [5, 5.41) is 7.69. The molecule has 0 bridgehead atoms. The number of amides is 1. The van der Waals surface area contributed by atoms with Crippen LogP contribution >= 0.6 is 11.3 Å². The van der Waals surface area contributed by atoms with Gasteiger partial charge in [0, 0.05) is 25.7 Å². The van der Waals surface area contributed by atoms with E-state index < -0.39 is 0 Å².